The lowest BCUT2D eigenvalue weighted by Crippen LogP contribution is -2.55. The smallest absolute Gasteiger partial charge is 0.407 e. The van der Waals surface area contributed by atoms with E-state index in [0.29, 0.717) is 19.4 Å². The van der Waals surface area contributed by atoms with Crippen LogP contribution in [-0.4, -0.2) is 52.7 Å². The minimum Gasteiger partial charge on any atom is -0.479 e. The lowest BCUT2D eigenvalue weighted by atomic mass is 9.73. The van der Waals surface area contributed by atoms with E-state index >= 15 is 0 Å². The van der Waals surface area contributed by atoms with E-state index in [1.54, 1.807) is 6.92 Å². The van der Waals surface area contributed by atoms with Crippen molar-refractivity contribution in [3.05, 3.63) is 59.7 Å². The first-order valence-electron chi connectivity index (χ1n) is 11.0. The number of carbonyl (C=O) groups excluding carboxylic acids is 2. The second-order valence-corrected chi connectivity index (χ2v) is 9.19. The molecule has 3 fully saturated rings. The van der Waals surface area contributed by atoms with Gasteiger partial charge >= 0.3 is 12.1 Å². The lowest BCUT2D eigenvalue weighted by Gasteiger charge is -2.38. The Morgan fingerprint density at radius 3 is 2.28 bits per heavy atom. The van der Waals surface area contributed by atoms with Gasteiger partial charge in [0.15, 0.2) is 0 Å². The lowest BCUT2D eigenvalue weighted by molar-refractivity contribution is -0.158. The van der Waals surface area contributed by atoms with Gasteiger partial charge in [-0.1, -0.05) is 48.5 Å². The van der Waals surface area contributed by atoms with Gasteiger partial charge in [-0.05, 0) is 47.9 Å². The summed E-state index contributed by atoms with van der Waals surface area (Å²) < 4.78 is 5.54. The highest BCUT2D eigenvalue weighted by atomic mass is 16.5. The summed E-state index contributed by atoms with van der Waals surface area (Å²) in [5, 5.41) is 12.3. The summed E-state index contributed by atoms with van der Waals surface area (Å²) in [4.78, 5) is 38.2. The fourth-order valence-electron chi connectivity index (χ4n) is 5.57. The number of hydrogen-bond donors (Lipinski definition) is 2. The minimum atomic E-state index is -1.04. The van der Waals surface area contributed by atoms with Gasteiger partial charge in [0.2, 0.25) is 5.91 Å². The number of nitrogens with one attached hydrogen (secondary N) is 1. The van der Waals surface area contributed by atoms with Gasteiger partial charge in [-0.15, -0.1) is 0 Å². The molecule has 2 bridgehead atoms. The fourth-order valence-corrected chi connectivity index (χ4v) is 5.57. The molecule has 6 rings (SSSR count). The van der Waals surface area contributed by atoms with Crippen molar-refractivity contribution < 1.29 is 24.2 Å². The third-order valence-corrected chi connectivity index (χ3v) is 7.10. The molecule has 2 aliphatic heterocycles. The van der Waals surface area contributed by atoms with E-state index in [4.69, 9.17) is 4.74 Å². The molecule has 2 saturated heterocycles. The molecule has 2 aromatic carbocycles. The molecule has 1 saturated carbocycles. The van der Waals surface area contributed by atoms with Crippen LogP contribution in [0.4, 0.5) is 4.79 Å². The van der Waals surface area contributed by atoms with Crippen LogP contribution in [-0.2, 0) is 14.3 Å². The molecule has 32 heavy (non-hydrogen) atoms. The highest BCUT2D eigenvalue weighted by Gasteiger charge is 2.62. The summed E-state index contributed by atoms with van der Waals surface area (Å²) in [6, 6.07) is 15.8. The van der Waals surface area contributed by atoms with Crippen molar-refractivity contribution >= 4 is 18.0 Å². The molecule has 1 atom stereocenters. The van der Waals surface area contributed by atoms with Crippen LogP contribution < -0.4 is 5.32 Å². The van der Waals surface area contributed by atoms with Gasteiger partial charge in [0, 0.05) is 24.9 Å². The van der Waals surface area contributed by atoms with Crippen molar-refractivity contribution in [2.24, 2.45) is 5.92 Å². The van der Waals surface area contributed by atoms with Gasteiger partial charge < -0.3 is 20.1 Å². The van der Waals surface area contributed by atoms with E-state index < -0.39 is 23.6 Å². The highest BCUT2D eigenvalue weighted by molar-refractivity contribution is 5.90. The van der Waals surface area contributed by atoms with Crippen molar-refractivity contribution in [2.75, 3.05) is 13.2 Å². The van der Waals surface area contributed by atoms with Gasteiger partial charge in [-0.3, -0.25) is 4.79 Å². The van der Waals surface area contributed by atoms with Gasteiger partial charge in [0.25, 0.3) is 0 Å². The third-order valence-electron chi connectivity index (χ3n) is 7.10. The van der Waals surface area contributed by atoms with Gasteiger partial charge in [0.05, 0.1) is 0 Å². The number of fused-ring (bicyclic) bond motifs is 4. The number of hydrogen-bond acceptors (Lipinski definition) is 4. The number of carboxylic acids is 1. The van der Waals surface area contributed by atoms with Crippen LogP contribution in [0.15, 0.2) is 48.5 Å². The first-order chi connectivity index (χ1) is 15.4. The molecule has 0 spiro atoms. The predicted octanol–water partition coefficient (Wildman–Crippen LogP) is 3.38. The molecule has 4 aliphatic rings. The Kier molecular flexibility index (Phi) is 4.92. The second-order valence-electron chi connectivity index (χ2n) is 9.19. The van der Waals surface area contributed by atoms with Crippen LogP contribution in [0.1, 0.15) is 43.2 Å². The van der Waals surface area contributed by atoms with E-state index in [9.17, 15) is 19.5 Å². The molecular formula is C25H26N2O5. The largest absolute Gasteiger partial charge is 0.479 e. The Labute approximate surface area is 186 Å². The van der Waals surface area contributed by atoms with E-state index in [-0.39, 0.29) is 30.8 Å². The van der Waals surface area contributed by atoms with E-state index in [0.717, 1.165) is 22.3 Å². The van der Waals surface area contributed by atoms with Crippen LogP contribution in [0.3, 0.4) is 0 Å². The zero-order chi connectivity index (χ0) is 22.5. The number of rotatable bonds is 6. The molecule has 0 radical (unpaired) electrons. The number of aliphatic carboxylic acids is 1. The molecule has 2 amide bonds. The maximum atomic E-state index is 12.7. The molecule has 2 aliphatic carbocycles. The standard InChI is InChI=1S/C25H26N2O5/c1-15(10-22(28)27-13-16-11-25(27,12-16)23(29)30)26-24(31)32-14-21-19-8-4-2-6-17(19)18-7-3-5-9-20(18)21/h2-9,15-16,21H,10-14H2,1H3,(H,26,31)(H,29,30)/t15-,16?,25?/m1/s1. The SMILES string of the molecule is C[C@H](CC(=O)N1CC2CC1(C(=O)O)C2)NC(=O)OCC1c2ccccc2-c2ccccc21. The molecule has 0 aromatic heterocycles. The zero-order valence-electron chi connectivity index (χ0n) is 17.9. The topological polar surface area (TPSA) is 95.9 Å². The van der Waals surface area contributed by atoms with E-state index in [1.165, 1.54) is 4.90 Å². The van der Waals surface area contributed by atoms with Crippen molar-refractivity contribution in [1.29, 1.82) is 0 Å². The summed E-state index contributed by atoms with van der Waals surface area (Å²) in [6.07, 6.45) is 0.530. The maximum absolute atomic E-state index is 12.7. The molecule has 2 heterocycles. The summed E-state index contributed by atoms with van der Waals surface area (Å²) in [7, 11) is 0. The molecule has 166 valence electrons. The van der Waals surface area contributed by atoms with Gasteiger partial charge in [-0.2, -0.15) is 0 Å². The minimum absolute atomic E-state index is 0.0306. The van der Waals surface area contributed by atoms with Crippen LogP contribution >= 0.6 is 0 Å². The van der Waals surface area contributed by atoms with Crippen LogP contribution in [0.25, 0.3) is 11.1 Å². The van der Waals surface area contributed by atoms with Crippen molar-refractivity contribution in [1.82, 2.24) is 10.2 Å². The monoisotopic (exact) mass is 434 g/mol. The summed E-state index contributed by atoms with van der Waals surface area (Å²) >= 11 is 0. The Bertz CT molecular complexity index is 1050. The number of nitrogens with zero attached hydrogens (tertiary/aromatic N) is 1. The number of ether oxygens (including phenoxy) is 1. The third kappa shape index (κ3) is 3.23. The number of amides is 2. The second kappa shape index (κ2) is 7.65. The first-order valence-corrected chi connectivity index (χ1v) is 11.0. The zero-order valence-corrected chi connectivity index (χ0v) is 17.9. The molecule has 2 aromatic rings. The Morgan fingerprint density at radius 1 is 1.09 bits per heavy atom. The summed E-state index contributed by atoms with van der Waals surface area (Å²) in [5.74, 6) is -0.923. The summed E-state index contributed by atoms with van der Waals surface area (Å²) in [5.41, 5.74) is 3.55. The fraction of sp³-hybridized carbons (Fsp3) is 0.400. The molecule has 0 unspecified atom stereocenters. The maximum Gasteiger partial charge on any atom is 0.407 e. The summed E-state index contributed by atoms with van der Waals surface area (Å²) in [6.45, 7) is 2.42. The Balaban J connectivity index is 1.17. The predicted molar refractivity (Wildman–Crippen MR) is 117 cm³/mol. The van der Waals surface area contributed by atoms with Crippen molar-refractivity contribution in [2.45, 2.75) is 43.7 Å². The quantitative estimate of drug-likeness (QED) is 0.727. The highest BCUT2D eigenvalue weighted by Crippen LogP contribution is 2.51. The van der Waals surface area contributed by atoms with Crippen LogP contribution in [0, 0.1) is 5.92 Å². The van der Waals surface area contributed by atoms with Gasteiger partial charge in [-0.25, -0.2) is 9.59 Å². The molecular weight excluding hydrogens is 408 g/mol. The average Bonchev–Trinajstić information content (AvgIpc) is 3.41. The van der Waals surface area contributed by atoms with Crippen molar-refractivity contribution in [3.63, 3.8) is 0 Å². The normalized spacial score (nSPS) is 23.7. The number of carboxylic acid groups (broad SMARTS) is 1. The number of carbonyl (C=O) groups is 3. The Hall–Kier alpha value is -3.35. The number of benzene rings is 2. The molecule has 7 heteroatoms. The molecule has 7 nitrogen and oxygen atoms in total. The average molecular weight is 434 g/mol. The molecule has 2 N–H and O–H groups in total. The van der Waals surface area contributed by atoms with Crippen LogP contribution in [0.5, 0.6) is 0 Å². The Morgan fingerprint density at radius 2 is 1.69 bits per heavy atom. The van der Waals surface area contributed by atoms with E-state index in [2.05, 4.69) is 29.6 Å². The van der Waals surface area contributed by atoms with Crippen LogP contribution in [0.2, 0.25) is 0 Å². The van der Waals surface area contributed by atoms with E-state index in [1.807, 2.05) is 24.3 Å². The van der Waals surface area contributed by atoms with Crippen molar-refractivity contribution in [3.8, 4) is 11.1 Å². The van der Waals surface area contributed by atoms with Gasteiger partial charge in [0.1, 0.15) is 12.1 Å². The first kappa shape index (κ1) is 20.5. The number of alkyl carbamates (subject to hydrolysis) is 1.